The molecule has 0 saturated carbocycles. The third-order valence-electron chi connectivity index (χ3n) is 13.9. The molecule has 2 amide bonds. The predicted octanol–water partition coefficient (Wildman–Crippen LogP) is 7.84. The second-order valence-corrected chi connectivity index (χ2v) is 18.5. The summed E-state index contributed by atoms with van der Waals surface area (Å²) in [6.45, 7) is 0.843. The minimum Gasteiger partial charge on any atom is -0.548 e. The molecule has 2 aliphatic heterocycles. The van der Waals surface area contributed by atoms with Crippen LogP contribution in [0, 0.1) is 0 Å². The van der Waals surface area contributed by atoms with Crippen molar-refractivity contribution in [2.45, 2.75) is 63.1 Å². The summed E-state index contributed by atoms with van der Waals surface area (Å²) in [7, 11) is 3.10. The molecule has 0 aromatic heterocycles. The van der Waals surface area contributed by atoms with E-state index in [9.17, 15) is 29.4 Å². The van der Waals surface area contributed by atoms with Gasteiger partial charge in [-0.25, -0.2) is 0 Å². The molecule has 0 bridgehead atoms. The molecule has 0 radical (unpaired) electrons. The Kier molecular flexibility index (Phi) is 18.9. The van der Waals surface area contributed by atoms with E-state index < -0.39 is 35.9 Å². The normalized spacial score (nSPS) is 14.4. The van der Waals surface area contributed by atoms with Crippen LogP contribution in [-0.2, 0) is 58.3 Å². The van der Waals surface area contributed by atoms with E-state index in [1.807, 2.05) is 194 Å². The van der Waals surface area contributed by atoms with Crippen LogP contribution < -0.4 is 29.2 Å². The number of carboxylic acid groups (broad SMARTS) is 2. The Morgan fingerprint density at radius 1 is 0.442 bits per heavy atom. The standard InChI is InChI=1S/2C32H29NO5.Ca/c2*1-37-28-18-17-25-20-33(31(34)29(23-13-7-3-8-14-23)24-15-9-4-10-16-24)27(32(35)36)19-26(25)30(28)38-21-22-11-5-2-6-12-22;/h2*2-18,27,29H,19-21H2,1H3,(H,35,36);/q;;+2/p-2/t2*27-;/m00./s1. The third kappa shape index (κ3) is 12.9. The monoisotopic (exact) mass is 1050 g/mol. The fourth-order valence-electron chi connectivity index (χ4n) is 10.1. The molecule has 13 heteroatoms. The zero-order valence-corrected chi connectivity index (χ0v) is 45.1. The largest absolute Gasteiger partial charge is 2.00 e. The average Bonchev–Trinajstić information content (AvgIpc) is 3.47. The summed E-state index contributed by atoms with van der Waals surface area (Å²) >= 11 is 0. The smallest absolute Gasteiger partial charge is 0.548 e. The fourth-order valence-corrected chi connectivity index (χ4v) is 10.1. The van der Waals surface area contributed by atoms with Crippen molar-refractivity contribution in [2.24, 2.45) is 0 Å². The number of aliphatic carboxylic acids is 2. The van der Waals surface area contributed by atoms with Crippen molar-refractivity contribution in [1.29, 1.82) is 0 Å². The van der Waals surface area contributed by atoms with Gasteiger partial charge in [0.05, 0.1) is 50.1 Å². The van der Waals surface area contributed by atoms with Crippen molar-refractivity contribution < 1.29 is 48.3 Å². The van der Waals surface area contributed by atoms with E-state index in [4.69, 9.17) is 18.9 Å². The maximum atomic E-state index is 14.1. The van der Waals surface area contributed by atoms with Crippen LogP contribution in [0.25, 0.3) is 0 Å². The van der Waals surface area contributed by atoms with Gasteiger partial charge in [0, 0.05) is 37.1 Å². The zero-order valence-electron chi connectivity index (χ0n) is 42.9. The van der Waals surface area contributed by atoms with Gasteiger partial charge >= 0.3 is 37.7 Å². The number of carboxylic acids is 2. The Hall–Kier alpha value is -7.90. The molecule has 2 aliphatic rings. The predicted molar refractivity (Wildman–Crippen MR) is 289 cm³/mol. The summed E-state index contributed by atoms with van der Waals surface area (Å²) in [5, 5.41) is 24.9. The number of methoxy groups -OCH3 is 2. The van der Waals surface area contributed by atoms with Gasteiger partial charge in [-0.1, -0.05) is 194 Å². The molecular formula is C64H56CaN2O10. The van der Waals surface area contributed by atoms with Crippen LogP contribution in [-0.4, -0.2) is 97.6 Å². The number of rotatable bonds is 16. The average molecular weight is 1050 g/mol. The van der Waals surface area contributed by atoms with E-state index in [0.29, 0.717) is 36.2 Å². The van der Waals surface area contributed by atoms with Gasteiger partial charge in [0.15, 0.2) is 23.0 Å². The van der Waals surface area contributed by atoms with Crippen LogP contribution >= 0.6 is 0 Å². The Labute approximate surface area is 478 Å². The molecule has 8 aromatic carbocycles. The van der Waals surface area contributed by atoms with Gasteiger partial charge in [0.25, 0.3) is 0 Å². The van der Waals surface area contributed by atoms with E-state index in [-0.39, 0.29) is 75.5 Å². The molecule has 0 saturated heterocycles. The number of benzene rings is 8. The van der Waals surface area contributed by atoms with Gasteiger partial charge < -0.3 is 48.5 Å². The second-order valence-electron chi connectivity index (χ2n) is 18.5. The minimum absolute atomic E-state index is 0. The van der Waals surface area contributed by atoms with Crippen molar-refractivity contribution >= 4 is 61.5 Å². The molecule has 0 spiro atoms. The number of amides is 2. The summed E-state index contributed by atoms with van der Waals surface area (Å²) in [5.41, 5.74) is 8.22. The molecule has 0 fully saturated rings. The van der Waals surface area contributed by atoms with Crippen molar-refractivity contribution in [3.63, 3.8) is 0 Å². The van der Waals surface area contributed by atoms with E-state index in [0.717, 1.165) is 55.6 Å². The topological polar surface area (TPSA) is 158 Å². The van der Waals surface area contributed by atoms with Crippen molar-refractivity contribution in [2.75, 3.05) is 14.2 Å². The fraction of sp³-hybridized carbons (Fsp3) is 0.188. The van der Waals surface area contributed by atoms with E-state index in [2.05, 4.69) is 0 Å². The first kappa shape index (κ1) is 55.3. The van der Waals surface area contributed by atoms with Gasteiger partial charge in [0.2, 0.25) is 11.8 Å². The summed E-state index contributed by atoms with van der Waals surface area (Å²) in [5.74, 6) is -2.45. The Balaban J connectivity index is 0.000000201. The van der Waals surface area contributed by atoms with Crippen LogP contribution in [0.2, 0.25) is 0 Å². The Morgan fingerprint density at radius 3 is 1.00 bits per heavy atom. The first-order chi connectivity index (χ1) is 37.1. The minimum atomic E-state index is -1.30. The van der Waals surface area contributed by atoms with Gasteiger partial charge in [-0.05, 0) is 56.6 Å². The number of nitrogens with zero attached hydrogens (tertiary/aromatic N) is 2. The maximum Gasteiger partial charge on any atom is 2.00 e. The van der Waals surface area contributed by atoms with E-state index >= 15 is 0 Å². The SMILES string of the molecule is COc1ccc2c(c1OCc1ccccc1)C[C@@H](C(=O)[O-])N(C(=O)C(c1ccccc1)c1ccccc1)C2.COc1ccc2c(c1OCc1ccccc1)C[C@@H](C(=O)[O-])N(C(=O)C(c1ccccc1)c1ccccc1)C2.[Ca+2]. The Morgan fingerprint density at radius 2 is 0.727 bits per heavy atom. The summed E-state index contributed by atoms with van der Waals surface area (Å²) < 4.78 is 23.5. The van der Waals surface area contributed by atoms with Gasteiger partial charge in [-0.2, -0.15) is 0 Å². The number of carbonyl (C=O) groups excluding carboxylic acids is 4. The van der Waals surface area contributed by atoms with Crippen molar-refractivity contribution in [3.05, 3.63) is 262 Å². The zero-order chi connectivity index (χ0) is 53.0. The van der Waals surface area contributed by atoms with Gasteiger partial charge in [-0.15, -0.1) is 0 Å². The molecule has 77 heavy (non-hydrogen) atoms. The van der Waals surface area contributed by atoms with Crippen molar-refractivity contribution in [1.82, 2.24) is 9.80 Å². The van der Waals surface area contributed by atoms with Gasteiger partial charge in [0.1, 0.15) is 13.2 Å². The number of ether oxygens (including phenoxy) is 4. The quantitative estimate of drug-likeness (QED) is 0.0874. The molecule has 0 aliphatic carbocycles. The van der Waals surface area contributed by atoms with Gasteiger partial charge in [-0.3, -0.25) is 9.59 Å². The number of fused-ring (bicyclic) bond motifs is 2. The third-order valence-corrected chi connectivity index (χ3v) is 13.9. The molecule has 12 nitrogen and oxygen atoms in total. The van der Waals surface area contributed by atoms with E-state index in [1.54, 1.807) is 26.4 Å². The molecule has 10 rings (SSSR count). The molecule has 0 N–H and O–H groups in total. The Bertz CT molecular complexity index is 2960. The molecule has 2 heterocycles. The van der Waals surface area contributed by atoms with Crippen LogP contribution in [0.3, 0.4) is 0 Å². The van der Waals surface area contributed by atoms with Crippen LogP contribution in [0.15, 0.2) is 206 Å². The summed E-state index contributed by atoms with van der Waals surface area (Å²) in [6, 6.07) is 62.2. The van der Waals surface area contributed by atoms with Crippen LogP contribution in [0.4, 0.5) is 0 Å². The van der Waals surface area contributed by atoms with Crippen LogP contribution in [0.5, 0.6) is 23.0 Å². The van der Waals surface area contributed by atoms with Crippen molar-refractivity contribution in [3.8, 4) is 23.0 Å². The first-order valence-corrected chi connectivity index (χ1v) is 25.1. The maximum absolute atomic E-state index is 14.1. The number of hydrogen-bond acceptors (Lipinski definition) is 10. The van der Waals surface area contributed by atoms with E-state index in [1.165, 1.54) is 9.80 Å². The summed E-state index contributed by atoms with van der Waals surface area (Å²) in [4.78, 5) is 56.0. The first-order valence-electron chi connectivity index (χ1n) is 25.1. The molecule has 384 valence electrons. The molecule has 8 aromatic rings. The van der Waals surface area contributed by atoms with Crippen LogP contribution in [0.1, 0.15) is 67.5 Å². The molecule has 2 atom stereocenters. The number of carbonyl (C=O) groups is 4. The molecule has 0 unspecified atom stereocenters. The molecular weight excluding hydrogens is 997 g/mol. The number of hydrogen-bond donors (Lipinski definition) is 0. The summed E-state index contributed by atoms with van der Waals surface area (Å²) in [6.07, 6.45) is 0.113. The second kappa shape index (κ2) is 26.2.